The van der Waals surface area contributed by atoms with Crippen LogP contribution in [0.3, 0.4) is 0 Å². The van der Waals surface area contributed by atoms with Crippen molar-refractivity contribution in [2.24, 2.45) is 0 Å². The van der Waals surface area contributed by atoms with Crippen LogP contribution in [0.5, 0.6) is 5.75 Å². The smallest absolute Gasteiger partial charge is 0.339 e. The van der Waals surface area contributed by atoms with Crippen molar-refractivity contribution in [2.75, 3.05) is 0 Å². The predicted molar refractivity (Wildman–Crippen MR) is 70.3 cm³/mol. The SMILES string of the molecule is O=C(O)/C=C/c1cnc[nH]1.O=C(O)c1ccccc1O.[Mo]. The maximum Gasteiger partial charge on any atom is 0.339 e. The van der Waals surface area contributed by atoms with Crippen LogP contribution in [0.2, 0.25) is 0 Å². The Labute approximate surface area is 134 Å². The Morgan fingerprint density at radius 1 is 1.19 bits per heavy atom. The molecule has 0 aliphatic carbocycles. The summed E-state index contributed by atoms with van der Waals surface area (Å²) >= 11 is 0. The van der Waals surface area contributed by atoms with Crippen LogP contribution in [-0.2, 0) is 25.9 Å². The second-order valence-corrected chi connectivity index (χ2v) is 3.50. The van der Waals surface area contributed by atoms with Crippen molar-refractivity contribution < 1.29 is 46.0 Å². The zero-order valence-electron chi connectivity index (χ0n) is 10.6. The second-order valence-electron chi connectivity index (χ2n) is 3.50. The third-order valence-electron chi connectivity index (χ3n) is 2.06. The van der Waals surface area contributed by atoms with E-state index in [0.29, 0.717) is 5.69 Å². The third-order valence-corrected chi connectivity index (χ3v) is 2.06. The molecule has 0 bridgehead atoms. The second kappa shape index (κ2) is 9.49. The summed E-state index contributed by atoms with van der Waals surface area (Å²) in [5.41, 5.74) is 0.616. The van der Waals surface area contributed by atoms with E-state index in [9.17, 15) is 9.59 Å². The van der Waals surface area contributed by atoms with Gasteiger partial charge in [0, 0.05) is 27.1 Å². The molecule has 0 fully saturated rings. The first kappa shape index (κ1) is 18.6. The van der Waals surface area contributed by atoms with Crippen molar-refractivity contribution in [3.8, 4) is 5.75 Å². The molecule has 2 aromatic rings. The summed E-state index contributed by atoms with van der Waals surface area (Å²) in [6.07, 6.45) is 5.52. The van der Waals surface area contributed by atoms with Crippen LogP contribution in [0.4, 0.5) is 0 Å². The van der Waals surface area contributed by atoms with Crippen LogP contribution in [0.25, 0.3) is 6.08 Å². The van der Waals surface area contributed by atoms with Crippen molar-refractivity contribution in [1.29, 1.82) is 0 Å². The molecule has 0 saturated carbocycles. The van der Waals surface area contributed by atoms with Crippen LogP contribution < -0.4 is 0 Å². The number of imidazole rings is 1. The molecule has 21 heavy (non-hydrogen) atoms. The fourth-order valence-electron chi connectivity index (χ4n) is 1.17. The molecule has 0 aliphatic heterocycles. The van der Waals surface area contributed by atoms with E-state index < -0.39 is 11.9 Å². The van der Waals surface area contributed by atoms with Gasteiger partial charge in [0.15, 0.2) is 0 Å². The number of carboxylic acids is 2. The molecule has 0 saturated heterocycles. The molecule has 0 radical (unpaired) electrons. The van der Waals surface area contributed by atoms with Gasteiger partial charge in [-0.25, -0.2) is 14.6 Å². The van der Waals surface area contributed by atoms with Gasteiger partial charge in [0.2, 0.25) is 0 Å². The Morgan fingerprint density at radius 2 is 1.86 bits per heavy atom. The van der Waals surface area contributed by atoms with E-state index in [4.69, 9.17) is 15.3 Å². The number of benzene rings is 1. The summed E-state index contributed by atoms with van der Waals surface area (Å²) in [6, 6.07) is 5.81. The van der Waals surface area contributed by atoms with Crippen molar-refractivity contribution in [2.45, 2.75) is 0 Å². The number of aromatic hydroxyl groups is 1. The number of nitrogens with one attached hydrogen (secondary N) is 1. The number of para-hydroxylation sites is 1. The Kier molecular flexibility index (Phi) is 8.41. The monoisotopic (exact) mass is 374 g/mol. The van der Waals surface area contributed by atoms with Crippen LogP contribution in [0.15, 0.2) is 42.9 Å². The number of aromatic nitrogens is 2. The van der Waals surface area contributed by atoms with Gasteiger partial charge in [0.25, 0.3) is 0 Å². The summed E-state index contributed by atoms with van der Waals surface area (Å²) in [5, 5.41) is 25.5. The number of phenols is 1. The minimum absolute atomic E-state index is 0. The normalized spacial score (nSPS) is 9.33. The number of aromatic amines is 1. The fourth-order valence-corrected chi connectivity index (χ4v) is 1.17. The summed E-state index contributed by atoms with van der Waals surface area (Å²) in [6.45, 7) is 0. The summed E-state index contributed by atoms with van der Waals surface area (Å²) in [7, 11) is 0. The summed E-state index contributed by atoms with van der Waals surface area (Å²) in [5.74, 6) is -2.28. The Balaban J connectivity index is 0.000000364. The topological polar surface area (TPSA) is 124 Å². The van der Waals surface area contributed by atoms with Gasteiger partial charge >= 0.3 is 11.9 Å². The van der Waals surface area contributed by atoms with Gasteiger partial charge in [0.1, 0.15) is 11.3 Å². The van der Waals surface area contributed by atoms with Crippen molar-refractivity contribution in [3.63, 3.8) is 0 Å². The largest absolute Gasteiger partial charge is 0.507 e. The molecule has 7 nitrogen and oxygen atoms in total. The fraction of sp³-hybridized carbons (Fsp3) is 0. The molecule has 0 spiro atoms. The average Bonchev–Trinajstić information content (AvgIpc) is 2.90. The van der Waals surface area contributed by atoms with E-state index >= 15 is 0 Å². The van der Waals surface area contributed by atoms with Crippen LogP contribution in [-0.4, -0.2) is 37.2 Å². The zero-order valence-corrected chi connectivity index (χ0v) is 12.6. The molecule has 1 heterocycles. The van der Waals surface area contributed by atoms with Crippen molar-refractivity contribution in [1.82, 2.24) is 9.97 Å². The molecular formula is C13H12MoN2O5. The maximum atomic E-state index is 10.3. The third kappa shape index (κ3) is 7.08. The van der Waals surface area contributed by atoms with E-state index in [1.165, 1.54) is 24.5 Å². The molecule has 1 aromatic heterocycles. The Bertz CT molecular complexity index is 611. The van der Waals surface area contributed by atoms with Gasteiger partial charge in [-0.05, 0) is 18.2 Å². The Hall–Kier alpha value is -2.40. The number of hydrogen-bond donors (Lipinski definition) is 4. The van der Waals surface area contributed by atoms with Crippen LogP contribution in [0.1, 0.15) is 16.1 Å². The molecule has 0 aliphatic rings. The van der Waals surface area contributed by atoms with E-state index in [-0.39, 0.29) is 32.4 Å². The van der Waals surface area contributed by atoms with E-state index in [1.807, 2.05) is 0 Å². The zero-order chi connectivity index (χ0) is 15.0. The number of H-pyrrole nitrogens is 1. The maximum absolute atomic E-state index is 10.3. The minimum Gasteiger partial charge on any atom is -0.507 e. The predicted octanol–water partition coefficient (Wildman–Crippen LogP) is 1.60. The Morgan fingerprint density at radius 3 is 2.29 bits per heavy atom. The molecule has 0 amide bonds. The molecule has 8 heteroatoms. The first-order valence-electron chi connectivity index (χ1n) is 5.41. The van der Waals surface area contributed by atoms with Crippen LogP contribution >= 0.6 is 0 Å². The van der Waals surface area contributed by atoms with Crippen molar-refractivity contribution >= 4 is 18.0 Å². The van der Waals surface area contributed by atoms with Gasteiger partial charge in [-0.2, -0.15) is 0 Å². The number of aliphatic carboxylic acids is 1. The first-order chi connectivity index (χ1) is 9.50. The molecule has 110 valence electrons. The number of rotatable bonds is 3. The van der Waals surface area contributed by atoms with Gasteiger partial charge < -0.3 is 20.3 Å². The van der Waals surface area contributed by atoms with E-state index in [1.54, 1.807) is 18.3 Å². The minimum atomic E-state index is -1.11. The molecule has 0 atom stereocenters. The van der Waals surface area contributed by atoms with Gasteiger partial charge in [-0.3, -0.25) is 0 Å². The number of carboxylic acid groups (broad SMARTS) is 2. The molecule has 1 aromatic carbocycles. The van der Waals surface area contributed by atoms with Crippen LogP contribution in [0, 0.1) is 0 Å². The number of carbonyl (C=O) groups is 2. The summed E-state index contributed by atoms with van der Waals surface area (Å²) < 4.78 is 0. The molecule has 2 rings (SSSR count). The molecule has 4 N–H and O–H groups in total. The quantitative estimate of drug-likeness (QED) is 0.479. The average molecular weight is 372 g/mol. The molecule has 0 unspecified atom stereocenters. The number of hydrogen-bond acceptors (Lipinski definition) is 4. The van der Waals surface area contributed by atoms with Crippen molar-refractivity contribution in [3.05, 3.63) is 54.1 Å². The van der Waals surface area contributed by atoms with E-state index in [0.717, 1.165) is 6.08 Å². The van der Waals surface area contributed by atoms with Gasteiger partial charge in [-0.15, -0.1) is 0 Å². The standard InChI is InChI=1S/C7H6O3.C6H6N2O2.Mo/c8-6-4-2-1-3-5(6)7(9)10;9-6(10)2-1-5-3-7-4-8-5;/h1-4,8H,(H,9,10);1-4H,(H,7,8)(H,9,10);/b;2-1+;. The van der Waals surface area contributed by atoms with Gasteiger partial charge in [0.05, 0.1) is 18.2 Å². The number of aromatic carboxylic acids is 1. The van der Waals surface area contributed by atoms with Gasteiger partial charge in [-0.1, -0.05) is 12.1 Å². The summed E-state index contributed by atoms with van der Waals surface area (Å²) in [4.78, 5) is 26.7. The number of nitrogens with zero attached hydrogens (tertiary/aromatic N) is 1. The first-order valence-corrected chi connectivity index (χ1v) is 5.41. The van der Waals surface area contributed by atoms with E-state index in [2.05, 4.69) is 9.97 Å². The molecular weight excluding hydrogens is 360 g/mol.